The maximum Gasteiger partial charge on any atom is 0.306 e. The molecular weight excluding hydrogens is 154 g/mol. The molecule has 0 bridgehead atoms. The zero-order valence-corrected chi connectivity index (χ0v) is 7.46. The van der Waals surface area contributed by atoms with E-state index in [2.05, 4.69) is 0 Å². The van der Waals surface area contributed by atoms with Gasteiger partial charge in [-0.2, -0.15) is 5.26 Å². The van der Waals surface area contributed by atoms with Crippen LogP contribution in [0.5, 0.6) is 0 Å². The molecule has 0 aliphatic rings. The molecule has 0 aromatic rings. The summed E-state index contributed by atoms with van der Waals surface area (Å²) >= 11 is 0. The van der Waals surface area contributed by atoms with Crippen molar-refractivity contribution in [3.8, 4) is 6.07 Å². The molecule has 0 saturated carbocycles. The van der Waals surface area contributed by atoms with E-state index in [4.69, 9.17) is 10.00 Å². The minimum absolute atomic E-state index is 0.205. The third-order valence-electron chi connectivity index (χ3n) is 1.34. The van der Waals surface area contributed by atoms with E-state index in [-0.39, 0.29) is 5.97 Å². The Kier molecular flexibility index (Phi) is 5.72. The highest BCUT2D eigenvalue weighted by Crippen LogP contribution is 2.03. The summed E-state index contributed by atoms with van der Waals surface area (Å²) in [5.74, 6) is -0.205. The molecule has 0 amide bonds. The van der Waals surface area contributed by atoms with Crippen LogP contribution in [0.2, 0.25) is 0 Å². The quantitative estimate of drug-likeness (QED) is 0.474. The number of esters is 1. The smallest absolute Gasteiger partial charge is 0.306 e. The Morgan fingerprint density at radius 2 is 2.25 bits per heavy atom. The van der Waals surface area contributed by atoms with Crippen molar-refractivity contribution in [1.82, 2.24) is 0 Å². The topological polar surface area (TPSA) is 50.1 Å². The molecule has 0 aliphatic heterocycles. The van der Waals surface area contributed by atoms with Crippen molar-refractivity contribution < 1.29 is 9.53 Å². The Labute approximate surface area is 72.6 Å². The van der Waals surface area contributed by atoms with Crippen LogP contribution in [0.4, 0.5) is 0 Å². The van der Waals surface area contributed by atoms with Crippen LogP contribution in [0.25, 0.3) is 0 Å². The van der Waals surface area contributed by atoms with E-state index in [1.807, 2.05) is 13.0 Å². The van der Waals surface area contributed by atoms with Gasteiger partial charge in [0.2, 0.25) is 0 Å². The van der Waals surface area contributed by atoms with Gasteiger partial charge in [-0.15, -0.1) is 0 Å². The standard InChI is InChI=1S/C9H13NO2/c1-3-12-9(11)5-4-8(2)6-7-10/h6H,3-5H2,1-2H3/b8-6-. The van der Waals surface area contributed by atoms with Gasteiger partial charge in [0, 0.05) is 12.5 Å². The summed E-state index contributed by atoms with van der Waals surface area (Å²) in [5.41, 5.74) is 0.908. The van der Waals surface area contributed by atoms with E-state index in [0.29, 0.717) is 19.4 Å². The minimum atomic E-state index is -0.205. The average Bonchev–Trinajstić information content (AvgIpc) is 2.02. The van der Waals surface area contributed by atoms with E-state index >= 15 is 0 Å². The highest BCUT2D eigenvalue weighted by molar-refractivity contribution is 5.69. The van der Waals surface area contributed by atoms with E-state index in [9.17, 15) is 4.79 Å². The van der Waals surface area contributed by atoms with Gasteiger partial charge < -0.3 is 4.74 Å². The Morgan fingerprint density at radius 1 is 1.58 bits per heavy atom. The zero-order chi connectivity index (χ0) is 9.40. The molecule has 0 rings (SSSR count). The van der Waals surface area contributed by atoms with Gasteiger partial charge in [0.05, 0.1) is 12.7 Å². The first kappa shape index (κ1) is 10.7. The van der Waals surface area contributed by atoms with E-state index in [0.717, 1.165) is 5.57 Å². The van der Waals surface area contributed by atoms with Gasteiger partial charge in [-0.1, -0.05) is 5.57 Å². The number of hydrogen-bond acceptors (Lipinski definition) is 3. The molecule has 3 nitrogen and oxygen atoms in total. The number of carbonyl (C=O) groups is 1. The molecule has 0 spiro atoms. The molecule has 0 N–H and O–H groups in total. The Balaban J connectivity index is 3.63. The number of rotatable bonds is 4. The second-order valence-electron chi connectivity index (χ2n) is 2.42. The van der Waals surface area contributed by atoms with Crippen LogP contribution < -0.4 is 0 Å². The number of ether oxygens (including phenoxy) is 1. The van der Waals surface area contributed by atoms with E-state index in [1.165, 1.54) is 6.08 Å². The fourth-order valence-electron chi connectivity index (χ4n) is 0.715. The molecule has 0 fully saturated rings. The molecule has 0 heterocycles. The predicted octanol–water partition coefficient (Wildman–Crippen LogP) is 1.80. The number of nitrogens with zero attached hydrogens (tertiary/aromatic N) is 1. The van der Waals surface area contributed by atoms with Gasteiger partial charge in [-0.3, -0.25) is 4.79 Å². The van der Waals surface area contributed by atoms with Crippen LogP contribution >= 0.6 is 0 Å². The maximum atomic E-state index is 10.8. The van der Waals surface area contributed by atoms with Gasteiger partial charge in [0.25, 0.3) is 0 Å². The van der Waals surface area contributed by atoms with Crippen LogP contribution in [0, 0.1) is 11.3 Å². The molecule has 0 unspecified atom stereocenters. The minimum Gasteiger partial charge on any atom is -0.466 e. The van der Waals surface area contributed by atoms with Crippen molar-refractivity contribution in [2.24, 2.45) is 0 Å². The van der Waals surface area contributed by atoms with Crippen LogP contribution in [0.15, 0.2) is 11.6 Å². The zero-order valence-electron chi connectivity index (χ0n) is 7.46. The summed E-state index contributed by atoms with van der Waals surface area (Å²) in [4.78, 5) is 10.8. The third-order valence-corrected chi connectivity index (χ3v) is 1.34. The largest absolute Gasteiger partial charge is 0.466 e. The number of nitriles is 1. The predicted molar refractivity (Wildman–Crippen MR) is 45.2 cm³/mol. The van der Waals surface area contributed by atoms with Crippen LogP contribution in [0.1, 0.15) is 26.7 Å². The van der Waals surface area contributed by atoms with Crippen molar-refractivity contribution in [3.05, 3.63) is 11.6 Å². The van der Waals surface area contributed by atoms with Gasteiger partial charge >= 0.3 is 5.97 Å². The summed E-state index contributed by atoms with van der Waals surface area (Å²) in [6, 6.07) is 1.91. The summed E-state index contributed by atoms with van der Waals surface area (Å²) in [6.07, 6.45) is 2.41. The lowest BCUT2D eigenvalue weighted by atomic mass is 10.1. The Hall–Kier alpha value is -1.30. The number of allylic oxidation sites excluding steroid dienone is 2. The normalized spacial score (nSPS) is 10.6. The Bertz CT molecular complexity index is 213. The first-order valence-corrected chi connectivity index (χ1v) is 3.91. The molecule has 66 valence electrons. The van der Waals surface area contributed by atoms with Crippen LogP contribution in [0.3, 0.4) is 0 Å². The molecule has 3 heteroatoms. The van der Waals surface area contributed by atoms with Crippen molar-refractivity contribution in [2.75, 3.05) is 6.61 Å². The average molecular weight is 167 g/mol. The molecule has 0 saturated heterocycles. The SMILES string of the molecule is CCOC(=O)CC/C(C)=C\C#N. The summed E-state index contributed by atoms with van der Waals surface area (Å²) in [7, 11) is 0. The molecular formula is C9H13NO2. The highest BCUT2D eigenvalue weighted by atomic mass is 16.5. The first-order chi connectivity index (χ1) is 5.70. The van der Waals surface area contributed by atoms with Gasteiger partial charge in [-0.05, 0) is 20.3 Å². The van der Waals surface area contributed by atoms with Crippen LogP contribution in [-0.4, -0.2) is 12.6 Å². The fourth-order valence-corrected chi connectivity index (χ4v) is 0.715. The van der Waals surface area contributed by atoms with Crippen molar-refractivity contribution >= 4 is 5.97 Å². The number of hydrogen-bond donors (Lipinski definition) is 0. The molecule has 0 radical (unpaired) electrons. The first-order valence-electron chi connectivity index (χ1n) is 3.91. The van der Waals surface area contributed by atoms with Gasteiger partial charge in [-0.25, -0.2) is 0 Å². The van der Waals surface area contributed by atoms with Gasteiger partial charge in [0.15, 0.2) is 0 Å². The van der Waals surface area contributed by atoms with Crippen molar-refractivity contribution in [3.63, 3.8) is 0 Å². The highest BCUT2D eigenvalue weighted by Gasteiger charge is 2.00. The molecule has 0 aromatic heterocycles. The fraction of sp³-hybridized carbons (Fsp3) is 0.556. The molecule has 12 heavy (non-hydrogen) atoms. The van der Waals surface area contributed by atoms with Crippen molar-refractivity contribution in [1.29, 1.82) is 5.26 Å². The summed E-state index contributed by atoms with van der Waals surface area (Å²) in [5, 5.41) is 8.26. The molecule has 0 aliphatic carbocycles. The third kappa shape index (κ3) is 5.48. The maximum absolute atomic E-state index is 10.8. The summed E-state index contributed by atoms with van der Waals surface area (Å²) < 4.78 is 4.72. The molecule has 0 aromatic carbocycles. The summed E-state index contributed by atoms with van der Waals surface area (Å²) in [6.45, 7) is 4.01. The lowest BCUT2D eigenvalue weighted by Crippen LogP contribution is -2.03. The lowest BCUT2D eigenvalue weighted by Gasteiger charge is -2.00. The molecule has 0 atom stereocenters. The monoisotopic (exact) mass is 167 g/mol. The Morgan fingerprint density at radius 3 is 2.75 bits per heavy atom. The lowest BCUT2D eigenvalue weighted by molar-refractivity contribution is -0.143. The van der Waals surface area contributed by atoms with Crippen LogP contribution in [-0.2, 0) is 9.53 Å². The second kappa shape index (κ2) is 6.41. The van der Waals surface area contributed by atoms with Crippen molar-refractivity contribution in [2.45, 2.75) is 26.7 Å². The number of carbonyl (C=O) groups excluding carboxylic acids is 1. The second-order valence-corrected chi connectivity index (χ2v) is 2.42. The van der Waals surface area contributed by atoms with E-state index in [1.54, 1.807) is 6.92 Å². The van der Waals surface area contributed by atoms with Gasteiger partial charge in [0.1, 0.15) is 0 Å². The van der Waals surface area contributed by atoms with E-state index < -0.39 is 0 Å².